The normalized spacial score (nSPS) is 19.2. The van der Waals surface area contributed by atoms with Gasteiger partial charge in [0.2, 0.25) is 0 Å². The zero-order chi connectivity index (χ0) is 13.1. The largest absolute Gasteiger partial charge is 0.492 e. The topological polar surface area (TPSA) is 38.8 Å². The maximum atomic E-state index is 11.6. The van der Waals surface area contributed by atoms with E-state index in [4.69, 9.17) is 9.47 Å². The van der Waals surface area contributed by atoms with Crippen LogP contribution in [0.4, 0.5) is 0 Å². The molecule has 1 saturated heterocycles. The molecular formula is C14H19NO3. The predicted molar refractivity (Wildman–Crippen MR) is 69.0 cm³/mol. The summed E-state index contributed by atoms with van der Waals surface area (Å²) >= 11 is 0. The van der Waals surface area contributed by atoms with E-state index < -0.39 is 0 Å². The van der Waals surface area contributed by atoms with E-state index in [1.54, 1.807) is 6.07 Å². The summed E-state index contributed by atoms with van der Waals surface area (Å²) in [5, 5.41) is 0. The van der Waals surface area contributed by atoms with Crippen LogP contribution in [0.15, 0.2) is 18.2 Å². The third kappa shape index (κ3) is 2.64. The van der Waals surface area contributed by atoms with Gasteiger partial charge in [0.25, 0.3) is 0 Å². The summed E-state index contributed by atoms with van der Waals surface area (Å²) in [6.07, 6.45) is 1.17. The van der Waals surface area contributed by atoms with Gasteiger partial charge in [-0.1, -0.05) is 6.07 Å². The first-order valence-corrected chi connectivity index (χ1v) is 6.14. The minimum atomic E-state index is -0.321. The highest BCUT2D eigenvalue weighted by atomic mass is 16.5. The molecule has 18 heavy (non-hydrogen) atoms. The lowest BCUT2D eigenvalue weighted by Gasteiger charge is -2.37. The van der Waals surface area contributed by atoms with Crippen LogP contribution in [0.5, 0.6) is 5.75 Å². The zero-order valence-electron chi connectivity index (χ0n) is 11.1. The van der Waals surface area contributed by atoms with Crippen LogP contribution in [-0.4, -0.2) is 44.2 Å². The Hall–Kier alpha value is -1.55. The summed E-state index contributed by atoms with van der Waals surface area (Å²) in [4.78, 5) is 13.8. The van der Waals surface area contributed by atoms with E-state index in [1.807, 2.05) is 19.1 Å². The Morgan fingerprint density at radius 2 is 2.28 bits per heavy atom. The minimum Gasteiger partial charge on any atom is -0.492 e. The number of nitrogens with zero attached hydrogens (tertiary/aromatic N) is 1. The van der Waals surface area contributed by atoms with Gasteiger partial charge < -0.3 is 9.47 Å². The molecule has 1 atom stereocenters. The summed E-state index contributed by atoms with van der Waals surface area (Å²) in [6, 6.07) is 6.01. The molecule has 0 bridgehead atoms. The number of rotatable bonds is 4. The number of carbonyl (C=O) groups is 1. The molecule has 0 aromatic heterocycles. The molecule has 0 saturated carbocycles. The van der Waals surface area contributed by atoms with Gasteiger partial charge in [-0.2, -0.15) is 0 Å². The van der Waals surface area contributed by atoms with Crippen LogP contribution >= 0.6 is 0 Å². The second kappa shape index (κ2) is 5.40. The van der Waals surface area contributed by atoms with E-state index in [1.165, 1.54) is 13.5 Å². The molecule has 1 fully saturated rings. The fourth-order valence-corrected chi connectivity index (χ4v) is 1.99. The highest BCUT2D eigenvalue weighted by Crippen LogP contribution is 2.20. The number of aryl methyl sites for hydroxylation is 1. The summed E-state index contributed by atoms with van der Waals surface area (Å²) in [7, 11) is 3.48. The number of methoxy groups -OCH3 is 1. The summed E-state index contributed by atoms with van der Waals surface area (Å²) in [5.74, 6) is 0.403. The van der Waals surface area contributed by atoms with Gasteiger partial charge in [0, 0.05) is 6.04 Å². The van der Waals surface area contributed by atoms with E-state index in [-0.39, 0.29) is 5.97 Å². The Morgan fingerprint density at radius 1 is 1.50 bits per heavy atom. The van der Waals surface area contributed by atoms with Gasteiger partial charge in [-0.05, 0) is 44.6 Å². The van der Waals surface area contributed by atoms with E-state index in [2.05, 4.69) is 11.9 Å². The Morgan fingerprint density at radius 3 is 2.83 bits per heavy atom. The first kappa shape index (κ1) is 12.9. The Kier molecular flexibility index (Phi) is 3.87. The van der Waals surface area contributed by atoms with Gasteiger partial charge in [0.15, 0.2) is 0 Å². The van der Waals surface area contributed by atoms with Crippen molar-refractivity contribution < 1.29 is 14.3 Å². The highest BCUT2D eigenvalue weighted by Gasteiger charge is 2.24. The fourth-order valence-electron chi connectivity index (χ4n) is 1.99. The zero-order valence-corrected chi connectivity index (χ0v) is 11.1. The van der Waals surface area contributed by atoms with Gasteiger partial charge in [-0.25, -0.2) is 4.79 Å². The predicted octanol–water partition coefficient (Wildman–Crippen LogP) is 1.86. The van der Waals surface area contributed by atoms with Gasteiger partial charge in [-0.3, -0.25) is 4.90 Å². The van der Waals surface area contributed by atoms with Crippen molar-refractivity contribution in [2.45, 2.75) is 19.4 Å². The number of likely N-dealkylation sites (tertiary alicyclic amines) is 1. The lowest BCUT2D eigenvalue weighted by atomic mass is 10.1. The van der Waals surface area contributed by atoms with Crippen LogP contribution in [-0.2, 0) is 4.74 Å². The number of ether oxygens (including phenoxy) is 2. The molecular weight excluding hydrogens is 230 g/mol. The lowest BCUT2D eigenvalue weighted by molar-refractivity contribution is 0.0597. The monoisotopic (exact) mass is 249 g/mol. The second-order valence-corrected chi connectivity index (χ2v) is 4.70. The third-order valence-electron chi connectivity index (χ3n) is 3.50. The summed E-state index contributed by atoms with van der Waals surface area (Å²) in [6.45, 7) is 3.69. The lowest BCUT2D eigenvalue weighted by Crippen LogP contribution is -2.48. The number of esters is 1. The molecule has 1 heterocycles. The molecule has 98 valence electrons. The molecule has 0 radical (unpaired) electrons. The maximum absolute atomic E-state index is 11.6. The van der Waals surface area contributed by atoms with Crippen LogP contribution < -0.4 is 4.74 Å². The van der Waals surface area contributed by atoms with Crippen LogP contribution in [0.1, 0.15) is 22.3 Å². The molecule has 1 aliphatic rings. The first-order valence-electron chi connectivity index (χ1n) is 6.14. The number of likely N-dealkylation sites (N-methyl/N-ethyl adjacent to an activating group) is 1. The standard InChI is InChI=1S/C14H19NO3/c1-10-4-5-12(8-13(10)14(16)17-3)18-9-11-6-7-15(11)2/h4-5,8,11H,6-7,9H2,1-3H3/t11-/m0/s1. The molecule has 4 nitrogen and oxygen atoms in total. The first-order chi connectivity index (χ1) is 8.61. The Labute approximate surface area is 107 Å². The summed E-state index contributed by atoms with van der Waals surface area (Å²) in [5.41, 5.74) is 1.46. The van der Waals surface area contributed by atoms with E-state index in [9.17, 15) is 4.79 Å². The van der Waals surface area contributed by atoms with Crippen molar-refractivity contribution in [1.82, 2.24) is 4.90 Å². The summed E-state index contributed by atoms with van der Waals surface area (Å²) < 4.78 is 10.5. The third-order valence-corrected chi connectivity index (χ3v) is 3.50. The van der Waals surface area contributed by atoms with Gasteiger partial charge in [0.05, 0.1) is 12.7 Å². The fraction of sp³-hybridized carbons (Fsp3) is 0.500. The second-order valence-electron chi connectivity index (χ2n) is 4.70. The molecule has 0 amide bonds. The van der Waals surface area contributed by atoms with E-state index >= 15 is 0 Å². The molecule has 1 aromatic carbocycles. The quantitative estimate of drug-likeness (QED) is 0.764. The van der Waals surface area contributed by atoms with Crippen molar-refractivity contribution in [2.24, 2.45) is 0 Å². The SMILES string of the molecule is COC(=O)c1cc(OC[C@@H]2CCN2C)ccc1C. The molecule has 1 aromatic rings. The van der Waals surface area contributed by atoms with Crippen molar-refractivity contribution in [2.75, 3.05) is 27.3 Å². The number of carbonyl (C=O) groups excluding carboxylic acids is 1. The van der Waals surface area contributed by atoms with Crippen molar-refractivity contribution in [3.8, 4) is 5.75 Å². The molecule has 0 N–H and O–H groups in total. The van der Waals surface area contributed by atoms with Crippen LogP contribution in [0, 0.1) is 6.92 Å². The van der Waals surface area contributed by atoms with E-state index in [0.29, 0.717) is 18.2 Å². The van der Waals surface area contributed by atoms with Crippen molar-refractivity contribution in [3.05, 3.63) is 29.3 Å². The van der Waals surface area contributed by atoms with E-state index in [0.717, 1.165) is 17.9 Å². The molecule has 2 rings (SSSR count). The van der Waals surface area contributed by atoms with Crippen LogP contribution in [0.2, 0.25) is 0 Å². The van der Waals surface area contributed by atoms with Crippen molar-refractivity contribution >= 4 is 5.97 Å². The smallest absolute Gasteiger partial charge is 0.338 e. The maximum Gasteiger partial charge on any atom is 0.338 e. The van der Waals surface area contributed by atoms with Gasteiger partial charge in [0.1, 0.15) is 12.4 Å². The van der Waals surface area contributed by atoms with Gasteiger partial charge in [-0.15, -0.1) is 0 Å². The Balaban J connectivity index is 2.02. The average Bonchev–Trinajstić information content (AvgIpc) is 2.38. The van der Waals surface area contributed by atoms with Crippen LogP contribution in [0.3, 0.4) is 0 Å². The molecule has 0 unspecified atom stereocenters. The highest BCUT2D eigenvalue weighted by molar-refractivity contribution is 5.91. The molecule has 0 spiro atoms. The number of hydrogen-bond donors (Lipinski definition) is 0. The molecule has 1 aliphatic heterocycles. The number of benzene rings is 1. The van der Waals surface area contributed by atoms with Crippen LogP contribution in [0.25, 0.3) is 0 Å². The molecule has 0 aliphatic carbocycles. The molecule has 4 heteroatoms. The van der Waals surface area contributed by atoms with Crippen molar-refractivity contribution in [3.63, 3.8) is 0 Å². The minimum absolute atomic E-state index is 0.321. The Bertz CT molecular complexity index is 445. The number of hydrogen-bond acceptors (Lipinski definition) is 4. The van der Waals surface area contributed by atoms with Gasteiger partial charge >= 0.3 is 5.97 Å². The van der Waals surface area contributed by atoms with Crippen molar-refractivity contribution in [1.29, 1.82) is 0 Å². The average molecular weight is 249 g/mol.